The van der Waals surface area contributed by atoms with Crippen molar-refractivity contribution in [2.75, 3.05) is 47.7 Å². The Morgan fingerprint density at radius 2 is 1.50 bits per heavy atom. The Kier molecular flexibility index (Phi) is 19.0. The molecule has 15 nitrogen and oxygen atoms in total. The zero-order valence-electron chi connectivity index (χ0n) is 66.3. The molecule has 18 heteroatoms. The van der Waals surface area contributed by atoms with Crippen molar-refractivity contribution in [2.24, 2.45) is 11.8 Å². The second-order valence-electron chi connectivity index (χ2n) is 33.6. The highest BCUT2D eigenvalue weighted by Crippen LogP contribution is 2.59. The highest BCUT2D eigenvalue weighted by atomic mass is 32.2. The molecule has 7 aromatic rings. The van der Waals surface area contributed by atoms with E-state index in [0.717, 1.165) is 121 Å². The van der Waals surface area contributed by atoms with Crippen LogP contribution < -0.4 is 20.9 Å². The van der Waals surface area contributed by atoms with Crippen molar-refractivity contribution in [3.8, 4) is 0 Å². The first kappa shape index (κ1) is 74.9. The lowest BCUT2D eigenvalue weighted by Crippen LogP contribution is -2.70. The molecule has 10 heterocycles. The van der Waals surface area contributed by atoms with Crippen LogP contribution in [0.2, 0.25) is 0 Å². The van der Waals surface area contributed by atoms with E-state index in [-0.39, 0.29) is 48.2 Å². The lowest BCUT2D eigenvalue weighted by molar-refractivity contribution is -0.836. The molecule has 2 aliphatic carbocycles. The molecular formula is C93H103N7O8S3+2. The number of nitrogens with zero attached hydrogens (tertiary/aromatic N) is 6. The van der Waals surface area contributed by atoms with E-state index in [1.165, 1.54) is 96.9 Å². The van der Waals surface area contributed by atoms with Crippen molar-refractivity contribution in [3.63, 3.8) is 0 Å². The van der Waals surface area contributed by atoms with Gasteiger partial charge in [-0.2, -0.15) is 13.7 Å². The van der Waals surface area contributed by atoms with Gasteiger partial charge in [0.15, 0.2) is 17.2 Å². The highest BCUT2D eigenvalue weighted by molar-refractivity contribution is 8.03. The summed E-state index contributed by atoms with van der Waals surface area (Å²) in [5, 5.41) is 10.4. The fourth-order valence-corrected chi connectivity index (χ4v) is 23.3. The number of sulfone groups is 1. The van der Waals surface area contributed by atoms with Gasteiger partial charge in [-0.15, -0.1) is 0 Å². The predicted molar refractivity (Wildman–Crippen MR) is 449 cm³/mol. The number of ether oxygens (including phenoxy) is 1. The minimum absolute atomic E-state index is 0.0118. The predicted octanol–water partition coefficient (Wildman–Crippen LogP) is 17.5. The average molecular weight is 1540 g/mol. The van der Waals surface area contributed by atoms with Crippen molar-refractivity contribution < 1.29 is 49.4 Å². The summed E-state index contributed by atoms with van der Waals surface area (Å²) in [6.07, 6.45) is 28.8. The molecule has 5 aromatic carbocycles. The second-order valence-corrected chi connectivity index (χ2v) is 38.5. The van der Waals surface area contributed by atoms with Crippen LogP contribution in [0, 0.1) is 25.7 Å². The summed E-state index contributed by atoms with van der Waals surface area (Å²) in [5.74, 6) is -1.17. The van der Waals surface area contributed by atoms with Gasteiger partial charge >= 0.3 is 5.91 Å². The quantitative estimate of drug-likeness (QED) is 0.0297. The van der Waals surface area contributed by atoms with Gasteiger partial charge in [0.25, 0.3) is 0 Å². The van der Waals surface area contributed by atoms with E-state index in [4.69, 9.17) is 4.74 Å². The van der Waals surface area contributed by atoms with Gasteiger partial charge < -0.3 is 19.5 Å². The molecule has 2 aromatic heterocycles. The number of aromatic nitrogens is 2. The van der Waals surface area contributed by atoms with Gasteiger partial charge in [-0.1, -0.05) is 142 Å². The van der Waals surface area contributed by atoms with Crippen LogP contribution in [0.1, 0.15) is 214 Å². The Hall–Kier alpha value is -8.78. The number of carbonyl (C=O) groups excluding carboxylic acids is 2. The van der Waals surface area contributed by atoms with Gasteiger partial charge in [0.1, 0.15) is 16.4 Å². The largest absolute Gasteiger partial charge is 0.748 e. The van der Waals surface area contributed by atoms with Crippen LogP contribution in [0.4, 0.5) is 17.1 Å². The fraction of sp³-hybridized carbons (Fsp3) is 0.409. The first-order valence-electron chi connectivity index (χ1n) is 40.5. The van der Waals surface area contributed by atoms with Crippen LogP contribution in [0.25, 0.3) is 45.3 Å². The van der Waals surface area contributed by atoms with E-state index in [0.29, 0.717) is 57.5 Å². The minimum Gasteiger partial charge on any atom is -0.748 e. The number of unbranched alkanes of at least 4 members (excludes halogenated alkanes) is 5. The Morgan fingerprint density at radius 1 is 0.775 bits per heavy atom. The Balaban J connectivity index is 0.703. The number of hydrogen-bond acceptors (Lipinski definition) is 10. The zero-order valence-corrected chi connectivity index (χ0v) is 68.8. The molecule has 10 aliphatic rings. The number of hydrogen-bond donors (Lipinski definition) is 1. The van der Waals surface area contributed by atoms with Crippen molar-refractivity contribution in [1.29, 1.82) is 0 Å². The Labute approximate surface area is 658 Å². The van der Waals surface area contributed by atoms with Gasteiger partial charge in [-0.3, -0.25) is 9.59 Å². The number of nitrogens with one attached hydrogen (secondary N) is 1. The molecule has 1 amide bonds. The number of fused-ring (bicyclic) bond motifs is 6. The van der Waals surface area contributed by atoms with Gasteiger partial charge in [-0.25, -0.2) is 16.8 Å². The smallest absolute Gasteiger partial charge is 0.553 e. The van der Waals surface area contributed by atoms with Gasteiger partial charge in [0.2, 0.25) is 28.7 Å². The van der Waals surface area contributed by atoms with E-state index in [9.17, 15) is 31.0 Å². The molecule has 111 heavy (non-hydrogen) atoms. The first-order valence-corrected chi connectivity index (χ1v) is 45.0. The average Bonchev–Trinajstić information content (AvgIpc) is 1.46. The summed E-state index contributed by atoms with van der Waals surface area (Å²) < 4.78 is 80.1. The van der Waals surface area contributed by atoms with Crippen LogP contribution in [0.15, 0.2) is 171 Å². The molecule has 574 valence electrons. The normalized spacial score (nSPS) is 21.8. The van der Waals surface area contributed by atoms with Crippen LogP contribution in [-0.4, -0.2) is 111 Å². The lowest BCUT2D eigenvalue weighted by Gasteiger charge is -2.39. The summed E-state index contributed by atoms with van der Waals surface area (Å²) in [6, 6.07) is 34.1. The number of benzene rings is 5. The summed E-state index contributed by atoms with van der Waals surface area (Å²) in [5.41, 5.74) is 24.0. The maximum Gasteiger partial charge on any atom is 0.553 e. The molecule has 1 N–H and O–H groups in total. The van der Waals surface area contributed by atoms with Crippen molar-refractivity contribution in [2.45, 2.75) is 200 Å². The number of allylic oxidation sites excluding steroid dienone is 11. The Morgan fingerprint density at radius 3 is 2.23 bits per heavy atom. The van der Waals surface area contributed by atoms with E-state index in [2.05, 4.69) is 237 Å². The van der Waals surface area contributed by atoms with E-state index in [1.807, 2.05) is 12.1 Å². The number of carbonyl (C=O) groups is 2. The lowest BCUT2D eigenvalue weighted by atomic mass is 9.78. The van der Waals surface area contributed by atoms with Crippen molar-refractivity contribution >= 4 is 123 Å². The van der Waals surface area contributed by atoms with Gasteiger partial charge in [0, 0.05) is 141 Å². The number of Topliss-reactive ketones (excluding diaryl/α,β-unsaturated/α-hetero) is 1. The van der Waals surface area contributed by atoms with E-state index >= 15 is 0 Å². The summed E-state index contributed by atoms with van der Waals surface area (Å²) in [6.45, 7) is 26.9. The fourth-order valence-electron chi connectivity index (χ4n) is 20.9. The third kappa shape index (κ3) is 12.1. The monoisotopic (exact) mass is 1540 g/mol. The van der Waals surface area contributed by atoms with E-state index < -0.39 is 42.4 Å². The summed E-state index contributed by atoms with van der Waals surface area (Å²) in [7, 11) is -7.52. The van der Waals surface area contributed by atoms with Gasteiger partial charge in [-0.05, 0) is 191 Å². The molecule has 0 radical (unpaired) electrons. The van der Waals surface area contributed by atoms with Crippen LogP contribution >= 0.6 is 11.8 Å². The Bertz CT molecular complexity index is 5980. The van der Waals surface area contributed by atoms with Crippen LogP contribution in [-0.2, 0) is 46.2 Å². The molecule has 4 unspecified atom stereocenters. The second kappa shape index (κ2) is 28.1. The molecule has 17 rings (SSSR count). The number of thioether (sulfide) groups is 1. The third-order valence-electron chi connectivity index (χ3n) is 26.0. The molecule has 0 saturated carbocycles. The minimum atomic E-state index is -4.38. The van der Waals surface area contributed by atoms with Crippen molar-refractivity contribution in [1.82, 2.24) is 9.13 Å². The molecule has 1 spiro atoms. The molecule has 0 bridgehead atoms. The standard InChI is InChI=1S/C93H102N7O8S3/c1-13-15-16-23-49-108-60(7)84-58(5)76-53-75-57(4)68(88-71-52-80(101)85-59(6)77-54-78-67(14-2)56(3)74-55-79(84)98(76)93(97(74)78,99(75)88)100(77)89(71)85)41-46-83(102)94-65-37-39-66(40-38-65)109-90-63(35-44-81-91(8,9)86-69-31-19-17-27-61(69)33-42-72(86)95(81)47-21-24-50-110(12,103)104)29-26-30-64(90)36-45-82-92(10,11)87-70-32-20-18-28-62(70)34-43-73(87)96(82)48-22-25-51-111(105,106)107/h17-20,27-28,31-40,42-45,53-55,57,60,68H,13-16,21-26,29-30,41,46-52H2,1-12H3/q+1/p+1. The third-order valence-corrected chi connectivity index (χ3v) is 29.1. The maximum absolute atomic E-state index is 14.9. The highest BCUT2D eigenvalue weighted by Gasteiger charge is 2.75. The number of ketones is 1. The van der Waals surface area contributed by atoms with Crippen LogP contribution in [0.3, 0.4) is 0 Å². The van der Waals surface area contributed by atoms with Gasteiger partial charge in [0.05, 0.1) is 61.1 Å². The molecule has 4 atom stereocenters. The summed E-state index contributed by atoms with van der Waals surface area (Å²) >= 11 is 1.74. The SMILES string of the molecule is CCCCCCOC(C)c1c(C)c2n3c1=CC1=[N+]4C(=Cc5c(C)c6c7n5C34[N+]3=C(C=2)C(C)C(CCC(=O)Nc2ccc(SC4=C(C=CC5=[N+](CCCCS(=O)(=O)[O-])c8ccc9ccccc9c8C5(C)C)CCCC4=C/C=C4/N(CCCCS(C)(=O)=O)c5ccc8ccccc8c5C4(C)C)cc2)C3=C7CC6=O)C(CC)=C1C. The van der Waals surface area contributed by atoms with E-state index in [1.54, 1.807) is 11.8 Å². The topological polar surface area (TPSA) is 169 Å². The van der Waals surface area contributed by atoms with Crippen molar-refractivity contribution in [3.05, 3.63) is 221 Å². The number of anilines is 2. The number of amides is 1. The number of rotatable bonds is 27. The van der Waals surface area contributed by atoms with Crippen LogP contribution in [0.5, 0.6) is 0 Å². The maximum atomic E-state index is 14.9. The first-order chi connectivity index (χ1) is 53.2. The molecule has 0 fully saturated rings. The zero-order chi connectivity index (χ0) is 77.7. The molecular weight excluding hydrogens is 1440 g/mol. The molecule has 8 aliphatic heterocycles. The molecule has 0 saturated heterocycles. The summed E-state index contributed by atoms with van der Waals surface area (Å²) in [4.78, 5) is 34.3.